The monoisotopic (exact) mass is 457 g/mol. The van der Waals surface area contributed by atoms with Gasteiger partial charge in [0.2, 0.25) is 0 Å². The average Bonchev–Trinajstić information content (AvgIpc) is 3.04. The van der Waals surface area contributed by atoms with Crippen molar-refractivity contribution in [3.05, 3.63) is 53.7 Å². The minimum absolute atomic E-state index is 0.0159. The van der Waals surface area contributed by atoms with E-state index in [2.05, 4.69) is 15.6 Å². The number of halogens is 3. The van der Waals surface area contributed by atoms with Gasteiger partial charge in [-0.25, -0.2) is 18.2 Å². The molecule has 1 fully saturated rings. The van der Waals surface area contributed by atoms with Gasteiger partial charge in [-0.15, -0.1) is 0 Å². The predicted molar refractivity (Wildman–Crippen MR) is 104 cm³/mol. The Balaban J connectivity index is 1.63. The maximum atomic E-state index is 12.9. The van der Waals surface area contributed by atoms with Crippen LogP contribution in [0.4, 0.5) is 24.7 Å². The molecule has 1 aliphatic heterocycles. The van der Waals surface area contributed by atoms with Crippen LogP contribution in [0.2, 0.25) is 0 Å². The number of pyridine rings is 1. The molecule has 0 saturated carbocycles. The summed E-state index contributed by atoms with van der Waals surface area (Å²) in [5.74, 6) is -1.81. The number of sulfone groups is 1. The highest BCUT2D eigenvalue weighted by Crippen LogP contribution is 2.31. The Labute approximate surface area is 175 Å². The number of carbonyl (C=O) groups excluding carboxylic acids is 2. The van der Waals surface area contributed by atoms with Gasteiger partial charge in [0, 0.05) is 17.9 Å². The Kier molecular flexibility index (Phi) is 6.48. The van der Waals surface area contributed by atoms with Crippen LogP contribution >= 0.6 is 0 Å². The first-order valence-electron chi connectivity index (χ1n) is 9.10. The van der Waals surface area contributed by atoms with Crippen molar-refractivity contribution >= 4 is 33.2 Å². The minimum Gasteiger partial charge on any atom is -0.452 e. The second-order valence-corrected chi connectivity index (χ2v) is 9.08. The molecular weight excluding hydrogens is 439 g/mol. The van der Waals surface area contributed by atoms with E-state index < -0.39 is 46.1 Å². The van der Waals surface area contributed by atoms with Gasteiger partial charge in [0.05, 0.1) is 17.1 Å². The molecule has 12 heteroatoms. The topological polar surface area (TPSA) is 114 Å². The number of benzene rings is 1. The van der Waals surface area contributed by atoms with Crippen LogP contribution in [0, 0.1) is 0 Å². The molecule has 166 valence electrons. The summed E-state index contributed by atoms with van der Waals surface area (Å²) in [4.78, 5) is 28.3. The van der Waals surface area contributed by atoms with Gasteiger partial charge < -0.3 is 15.4 Å². The number of esters is 1. The van der Waals surface area contributed by atoms with Crippen LogP contribution < -0.4 is 10.6 Å². The third kappa shape index (κ3) is 6.17. The van der Waals surface area contributed by atoms with Crippen LogP contribution in [0.15, 0.2) is 42.6 Å². The van der Waals surface area contributed by atoms with Crippen molar-refractivity contribution in [3.8, 4) is 0 Å². The molecular formula is C19H18F3N3O5S. The lowest BCUT2D eigenvalue weighted by atomic mass is 10.2. The van der Waals surface area contributed by atoms with E-state index in [9.17, 15) is 31.2 Å². The van der Waals surface area contributed by atoms with E-state index in [0.29, 0.717) is 0 Å². The van der Waals surface area contributed by atoms with Crippen molar-refractivity contribution < 1.29 is 35.9 Å². The minimum atomic E-state index is -4.53. The third-order valence-electron chi connectivity index (χ3n) is 4.41. The summed E-state index contributed by atoms with van der Waals surface area (Å²) in [5, 5.41) is 5.13. The van der Waals surface area contributed by atoms with Crippen LogP contribution in [0.3, 0.4) is 0 Å². The maximum absolute atomic E-state index is 12.9. The Morgan fingerprint density at radius 1 is 1.19 bits per heavy atom. The van der Waals surface area contributed by atoms with Gasteiger partial charge in [0.15, 0.2) is 16.4 Å². The Hall–Kier alpha value is -3.15. The number of aromatic nitrogens is 1. The van der Waals surface area contributed by atoms with Gasteiger partial charge in [-0.05, 0) is 36.8 Å². The summed E-state index contributed by atoms with van der Waals surface area (Å²) in [5.41, 5.74) is -0.901. The van der Waals surface area contributed by atoms with Gasteiger partial charge in [-0.1, -0.05) is 6.07 Å². The number of alkyl halides is 3. The van der Waals surface area contributed by atoms with Crippen LogP contribution in [0.1, 0.15) is 22.3 Å². The SMILES string of the molecule is O=C(COC(=O)c1cccnc1Nc1cccc(C(F)(F)F)c1)N[C@@H]1CCS(=O)(=O)C1. The number of ether oxygens (including phenoxy) is 1. The van der Waals surface area contributed by atoms with Crippen LogP contribution in [0.5, 0.6) is 0 Å². The predicted octanol–water partition coefficient (Wildman–Crippen LogP) is 2.30. The van der Waals surface area contributed by atoms with Crippen molar-refractivity contribution in [2.75, 3.05) is 23.4 Å². The van der Waals surface area contributed by atoms with Gasteiger partial charge >= 0.3 is 12.1 Å². The second kappa shape index (κ2) is 8.92. The summed E-state index contributed by atoms with van der Waals surface area (Å²) in [7, 11) is -3.17. The van der Waals surface area contributed by atoms with E-state index in [-0.39, 0.29) is 35.0 Å². The van der Waals surface area contributed by atoms with Crippen molar-refractivity contribution in [1.29, 1.82) is 0 Å². The number of anilines is 2. The molecule has 2 N–H and O–H groups in total. The average molecular weight is 457 g/mol. The largest absolute Gasteiger partial charge is 0.452 e. The standard InChI is InChI=1S/C19H18F3N3O5S/c20-19(21,22)12-3-1-4-13(9-12)25-17-15(5-2-7-23-17)18(27)30-10-16(26)24-14-6-8-31(28,29)11-14/h1-5,7,9,14H,6,8,10-11H2,(H,23,25)(H,24,26)/t14-/m1/s1. The van der Waals surface area contributed by atoms with Gasteiger partial charge in [-0.3, -0.25) is 4.79 Å². The first kappa shape index (κ1) is 22.5. The molecule has 2 aromatic rings. The molecule has 0 unspecified atom stereocenters. The highest BCUT2D eigenvalue weighted by Gasteiger charge is 2.31. The zero-order valence-corrected chi connectivity index (χ0v) is 16.8. The van der Waals surface area contributed by atoms with Gasteiger partial charge in [0.25, 0.3) is 5.91 Å². The van der Waals surface area contributed by atoms with Crippen molar-refractivity contribution in [3.63, 3.8) is 0 Å². The van der Waals surface area contributed by atoms with Crippen LogP contribution in [-0.2, 0) is 25.5 Å². The molecule has 3 rings (SSSR count). The molecule has 1 aromatic heterocycles. The van der Waals surface area contributed by atoms with E-state index in [1.165, 1.54) is 30.5 Å². The van der Waals surface area contributed by atoms with Crippen LogP contribution in [-0.4, -0.2) is 49.4 Å². The number of hydrogen-bond donors (Lipinski definition) is 2. The number of carbonyl (C=O) groups is 2. The van der Waals surface area contributed by atoms with Crippen molar-refractivity contribution in [1.82, 2.24) is 10.3 Å². The van der Waals surface area contributed by atoms with E-state index in [0.717, 1.165) is 12.1 Å². The lowest BCUT2D eigenvalue weighted by Crippen LogP contribution is -2.38. The summed E-state index contributed by atoms with van der Waals surface area (Å²) in [6.45, 7) is -0.646. The summed E-state index contributed by atoms with van der Waals surface area (Å²) in [6, 6.07) is 6.60. The molecule has 1 saturated heterocycles. The summed E-state index contributed by atoms with van der Waals surface area (Å²) >= 11 is 0. The molecule has 0 aliphatic carbocycles. The lowest BCUT2D eigenvalue weighted by molar-refractivity contribution is -0.137. The van der Waals surface area contributed by atoms with E-state index in [4.69, 9.17) is 4.74 Å². The highest BCUT2D eigenvalue weighted by atomic mass is 32.2. The van der Waals surface area contributed by atoms with Gasteiger partial charge in [0.1, 0.15) is 11.4 Å². The van der Waals surface area contributed by atoms with Crippen molar-refractivity contribution in [2.24, 2.45) is 0 Å². The zero-order chi connectivity index (χ0) is 22.6. The fourth-order valence-corrected chi connectivity index (χ4v) is 4.64. The van der Waals surface area contributed by atoms with E-state index in [1.807, 2.05) is 0 Å². The fourth-order valence-electron chi connectivity index (χ4n) is 2.97. The summed E-state index contributed by atoms with van der Waals surface area (Å²) in [6.07, 6.45) is -2.91. The fraction of sp³-hybridized carbons (Fsp3) is 0.316. The Morgan fingerprint density at radius 3 is 2.65 bits per heavy atom. The van der Waals surface area contributed by atoms with Gasteiger partial charge in [-0.2, -0.15) is 13.2 Å². The van der Waals surface area contributed by atoms with E-state index in [1.54, 1.807) is 0 Å². The molecule has 8 nitrogen and oxygen atoms in total. The quantitative estimate of drug-likeness (QED) is 0.640. The number of nitrogens with zero attached hydrogens (tertiary/aromatic N) is 1. The van der Waals surface area contributed by atoms with Crippen molar-refractivity contribution in [2.45, 2.75) is 18.6 Å². The first-order valence-corrected chi connectivity index (χ1v) is 10.9. The van der Waals surface area contributed by atoms with E-state index >= 15 is 0 Å². The second-order valence-electron chi connectivity index (χ2n) is 6.85. The highest BCUT2D eigenvalue weighted by molar-refractivity contribution is 7.91. The smallest absolute Gasteiger partial charge is 0.416 e. The Bertz CT molecular complexity index is 1090. The van der Waals surface area contributed by atoms with Crippen LogP contribution in [0.25, 0.3) is 0 Å². The Morgan fingerprint density at radius 2 is 1.97 bits per heavy atom. The molecule has 1 atom stereocenters. The molecule has 2 heterocycles. The molecule has 1 amide bonds. The maximum Gasteiger partial charge on any atom is 0.416 e. The lowest BCUT2D eigenvalue weighted by Gasteiger charge is -2.13. The molecule has 1 aliphatic rings. The molecule has 0 radical (unpaired) electrons. The zero-order valence-electron chi connectivity index (χ0n) is 16.0. The molecule has 1 aromatic carbocycles. The number of hydrogen-bond acceptors (Lipinski definition) is 7. The first-order chi connectivity index (χ1) is 14.5. The molecule has 0 spiro atoms. The summed E-state index contributed by atoms with van der Waals surface area (Å²) < 4.78 is 66.5. The number of nitrogens with one attached hydrogen (secondary N) is 2. The normalized spacial score (nSPS) is 17.7. The number of rotatable bonds is 6. The molecule has 31 heavy (non-hydrogen) atoms. The third-order valence-corrected chi connectivity index (χ3v) is 6.18. The molecule has 0 bridgehead atoms. The number of amides is 1.